The number of nitrogens with zero attached hydrogens (tertiary/aromatic N) is 4. The zero-order chi connectivity index (χ0) is 22.3. The number of carbonyl (C=O) groups is 1. The van der Waals surface area contributed by atoms with Crippen LogP contribution in [0.15, 0.2) is 52.4 Å². The first kappa shape index (κ1) is 21.1. The van der Waals surface area contributed by atoms with Gasteiger partial charge < -0.3 is 5.32 Å². The molecular formula is C23H25N5O2S. The fourth-order valence-electron chi connectivity index (χ4n) is 3.64. The Bertz CT molecular complexity index is 1360. The Morgan fingerprint density at radius 2 is 1.81 bits per heavy atom. The predicted molar refractivity (Wildman–Crippen MR) is 124 cm³/mol. The van der Waals surface area contributed by atoms with Gasteiger partial charge in [0.1, 0.15) is 0 Å². The minimum Gasteiger partial charge on any atom is -0.353 e. The molecule has 1 atom stereocenters. The molecule has 0 saturated carbocycles. The van der Waals surface area contributed by atoms with Gasteiger partial charge in [-0.1, -0.05) is 41.6 Å². The number of nitrogens with one attached hydrogen (secondary N) is 1. The van der Waals surface area contributed by atoms with Crippen LogP contribution in [-0.4, -0.2) is 36.4 Å². The highest BCUT2D eigenvalue weighted by atomic mass is 32.2. The number of hydrogen-bond donors (Lipinski definition) is 1. The lowest BCUT2D eigenvalue weighted by molar-refractivity contribution is -0.120. The minimum atomic E-state index is -0.366. The van der Waals surface area contributed by atoms with Gasteiger partial charge >= 0.3 is 0 Å². The second-order valence-corrected chi connectivity index (χ2v) is 9.30. The van der Waals surface area contributed by atoms with Gasteiger partial charge in [-0.25, -0.2) is 4.57 Å². The van der Waals surface area contributed by atoms with Crippen LogP contribution in [-0.2, 0) is 4.79 Å². The average Bonchev–Trinajstić information content (AvgIpc) is 3.12. The maximum Gasteiger partial charge on any atom is 0.267 e. The van der Waals surface area contributed by atoms with Crippen molar-refractivity contribution in [2.45, 2.75) is 51.1 Å². The summed E-state index contributed by atoms with van der Waals surface area (Å²) in [5, 5.41) is 12.4. The smallest absolute Gasteiger partial charge is 0.267 e. The molecular weight excluding hydrogens is 410 g/mol. The molecule has 0 bridgehead atoms. The number of para-hydroxylation sites is 1. The molecule has 4 rings (SSSR count). The zero-order valence-corrected chi connectivity index (χ0v) is 19.0. The highest BCUT2D eigenvalue weighted by molar-refractivity contribution is 8.00. The van der Waals surface area contributed by atoms with Crippen molar-refractivity contribution in [2.24, 2.45) is 0 Å². The average molecular weight is 436 g/mol. The van der Waals surface area contributed by atoms with Crippen LogP contribution in [0, 0.1) is 13.8 Å². The molecule has 8 heteroatoms. The van der Waals surface area contributed by atoms with Crippen LogP contribution < -0.4 is 10.9 Å². The van der Waals surface area contributed by atoms with Crippen molar-refractivity contribution in [3.63, 3.8) is 0 Å². The molecule has 31 heavy (non-hydrogen) atoms. The molecule has 2 heterocycles. The Labute approximate surface area is 184 Å². The number of hydrogen-bond acceptors (Lipinski definition) is 5. The molecule has 0 fully saturated rings. The monoisotopic (exact) mass is 435 g/mol. The van der Waals surface area contributed by atoms with Crippen LogP contribution in [0.1, 0.15) is 31.9 Å². The summed E-state index contributed by atoms with van der Waals surface area (Å²) >= 11 is 1.32. The molecule has 7 nitrogen and oxygen atoms in total. The molecule has 0 aliphatic rings. The first-order valence-electron chi connectivity index (χ1n) is 10.2. The summed E-state index contributed by atoms with van der Waals surface area (Å²) in [5.41, 5.74) is 3.42. The van der Waals surface area contributed by atoms with Crippen LogP contribution in [0.5, 0.6) is 0 Å². The molecule has 0 aliphatic heterocycles. The van der Waals surface area contributed by atoms with Crippen molar-refractivity contribution in [1.82, 2.24) is 24.5 Å². The Balaban J connectivity index is 1.95. The summed E-state index contributed by atoms with van der Waals surface area (Å²) in [5.74, 6) is 0.360. The fourth-order valence-corrected chi connectivity index (χ4v) is 4.51. The number of thioether (sulfide) groups is 1. The Kier molecular flexibility index (Phi) is 5.58. The number of benzene rings is 2. The van der Waals surface area contributed by atoms with Gasteiger partial charge in [-0.05, 0) is 58.4 Å². The Hall–Kier alpha value is -3.13. The van der Waals surface area contributed by atoms with Gasteiger partial charge in [-0.2, -0.15) is 0 Å². The molecule has 1 amide bonds. The van der Waals surface area contributed by atoms with Crippen molar-refractivity contribution in [2.75, 3.05) is 0 Å². The minimum absolute atomic E-state index is 0.0567. The summed E-state index contributed by atoms with van der Waals surface area (Å²) in [6, 6.07) is 13.4. The summed E-state index contributed by atoms with van der Waals surface area (Å²) in [6.07, 6.45) is 0. The maximum absolute atomic E-state index is 13.5. The highest BCUT2D eigenvalue weighted by Gasteiger charge is 2.22. The van der Waals surface area contributed by atoms with E-state index in [0.717, 1.165) is 16.8 Å². The van der Waals surface area contributed by atoms with E-state index in [1.807, 2.05) is 75.4 Å². The molecule has 0 saturated heterocycles. The van der Waals surface area contributed by atoms with E-state index in [2.05, 4.69) is 15.5 Å². The van der Waals surface area contributed by atoms with Crippen LogP contribution in [0.2, 0.25) is 0 Å². The number of fused-ring (bicyclic) bond motifs is 3. The third-order valence-corrected chi connectivity index (χ3v) is 6.11. The second-order valence-electron chi connectivity index (χ2n) is 7.99. The van der Waals surface area contributed by atoms with E-state index in [4.69, 9.17) is 0 Å². The molecule has 2 aromatic carbocycles. The van der Waals surface area contributed by atoms with E-state index in [1.54, 1.807) is 10.6 Å². The summed E-state index contributed by atoms with van der Waals surface area (Å²) in [7, 11) is 0. The Morgan fingerprint density at radius 3 is 2.52 bits per heavy atom. The molecule has 2 aromatic heterocycles. The van der Waals surface area contributed by atoms with E-state index in [9.17, 15) is 9.59 Å². The molecule has 0 aliphatic carbocycles. The van der Waals surface area contributed by atoms with E-state index in [1.165, 1.54) is 11.8 Å². The quantitative estimate of drug-likeness (QED) is 0.484. The fraction of sp³-hybridized carbons (Fsp3) is 0.304. The van der Waals surface area contributed by atoms with Crippen molar-refractivity contribution < 1.29 is 4.79 Å². The lowest BCUT2D eigenvalue weighted by atomic mass is 10.1. The summed E-state index contributed by atoms with van der Waals surface area (Å²) < 4.78 is 3.47. The van der Waals surface area contributed by atoms with Gasteiger partial charge in [0.05, 0.1) is 21.8 Å². The van der Waals surface area contributed by atoms with Gasteiger partial charge in [0.25, 0.3) is 5.56 Å². The number of carbonyl (C=O) groups excluding carboxylic acids is 1. The molecule has 1 N–H and O–H groups in total. The molecule has 0 spiro atoms. The van der Waals surface area contributed by atoms with Crippen molar-refractivity contribution in [1.29, 1.82) is 0 Å². The molecule has 4 aromatic rings. The van der Waals surface area contributed by atoms with Gasteiger partial charge in [0.2, 0.25) is 11.7 Å². The summed E-state index contributed by atoms with van der Waals surface area (Å²) in [6.45, 7) is 9.69. The van der Waals surface area contributed by atoms with Crippen LogP contribution in [0.3, 0.4) is 0 Å². The first-order valence-corrected chi connectivity index (χ1v) is 11.1. The summed E-state index contributed by atoms with van der Waals surface area (Å²) in [4.78, 5) is 25.9. The lowest BCUT2D eigenvalue weighted by Crippen LogP contribution is -2.36. The van der Waals surface area contributed by atoms with Crippen LogP contribution in [0.25, 0.3) is 22.4 Å². The second kappa shape index (κ2) is 8.19. The molecule has 160 valence electrons. The van der Waals surface area contributed by atoms with Crippen LogP contribution in [0.4, 0.5) is 0 Å². The maximum atomic E-state index is 13.5. The van der Waals surface area contributed by atoms with Gasteiger partial charge in [-0.15, -0.1) is 10.2 Å². The lowest BCUT2D eigenvalue weighted by Gasteiger charge is -2.15. The van der Waals surface area contributed by atoms with E-state index in [-0.39, 0.29) is 22.8 Å². The standard InChI is InChI=1S/C23H25N5O2S/c1-13(2)24-20(29)16(5)31-23-26-25-22-27(18-11-10-14(3)12-15(18)4)21(30)17-8-6-7-9-19(17)28(22)23/h6-13,16H,1-5H3,(H,24,29). The van der Waals surface area contributed by atoms with Gasteiger partial charge in [0, 0.05) is 6.04 Å². The van der Waals surface area contributed by atoms with Gasteiger partial charge in [-0.3, -0.25) is 14.0 Å². The first-order chi connectivity index (χ1) is 14.8. The van der Waals surface area contributed by atoms with E-state index < -0.39 is 0 Å². The highest BCUT2D eigenvalue weighted by Crippen LogP contribution is 2.27. The number of aryl methyl sites for hydroxylation is 2. The van der Waals surface area contributed by atoms with Crippen molar-refractivity contribution in [3.8, 4) is 5.69 Å². The zero-order valence-electron chi connectivity index (χ0n) is 18.2. The normalized spacial score (nSPS) is 12.6. The third-order valence-electron chi connectivity index (χ3n) is 5.07. The third kappa shape index (κ3) is 3.83. The SMILES string of the molecule is Cc1ccc(-n2c(=O)c3ccccc3n3c(SC(C)C(=O)NC(C)C)nnc23)c(C)c1. The molecule has 0 radical (unpaired) electrons. The van der Waals surface area contributed by atoms with E-state index in [0.29, 0.717) is 21.8 Å². The Morgan fingerprint density at radius 1 is 1.06 bits per heavy atom. The predicted octanol–water partition coefficient (Wildman–Crippen LogP) is 3.66. The van der Waals surface area contributed by atoms with E-state index >= 15 is 0 Å². The topological polar surface area (TPSA) is 81.3 Å². The largest absolute Gasteiger partial charge is 0.353 e. The van der Waals surface area contributed by atoms with Crippen molar-refractivity contribution in [3.05, 3.63) is 63.9 Å². The number of aromatic nitrogens is 4. The number of rotatable bonds is 5. The van der Waals surface area contributed by atoms with Gasteiger partial charge in [0.15, 0.2) is 5.16 Å². The van der Waals surface area contributed by atoms with Crippen LogP contribution >= 0.6 is 11.8 Å². The number of amides is 1. The molecule has 1 unspecified atom stereocenters. The van der Waals surface area contributed by atoms with Crippen molar-refractivity contribution >= 4 is 34.3 Å².